The summed E-state index contributed by atoms with van der Waals surface area (Å²) < 4.78 is 4.28. The zero-order valence-electron chi connectivity index (χ0n) is 8.53. The van der Waals surface area contributed by atoms with E-state index in [1.54, 1.807) is 13.8 Å². The van der Waals surface area contributed by atoms with E-state index in [2.05, 4.69) is 4.74 Å². The summed E-state index contributed by atoms with van der Waals surface area (Å²) >= 11 is 0. The van der Waals surface area contributed by atoms with Crippen LogP contribution in [0.25, 0.3) is 0 Å². The number of carbonyl (C=O) groups is 2. The summed E-state index contributed by atoms with van der Waals surface area (Å²) in [6, 6.07) is 0. The Labute approximate surface area is 95.2 Å². The first-order chi connectivity index (χ1) is 5.20. The maximum atomic E-state index is 10.6. The summed E-state index contributed by atoms with van der Waals surface area (Å²) in [6.45, 7) is 3.34. The van der Waals surface area contributed by atoms with Gasteiger partial charge in [0, 0.05) is 12.2 Å². The Morgan fingerprint density at radius 1 is 1.08 bits per heavy atom. The molecule has 0 saturated heterocycles. The van der Waals surface area contributed by atoms with Gasteiger partial charge in [-0.15, -0.1) is 0 Å². The Kier molecular flexibility index (Phi) is 10.3. The maximum absolute atomic E-state index is 10.6. The molecule has 0 spiro atoms. The topological polar surface area (TPSA) is 43.4 Å². The van der Waals surface area contributed by atoms with E-state index in [0.717, 1.165) is 0 Å². The van der Waals surface area contributed by atoms with E-state index in [-0.39, 0.29) is 31.0 Å². The van der Waals surface area contributed by atoms with Gasteiger partial charge in [-0.2, -0.15) is 0 Å². The minimum Gasteiger partial charge on any atom is -1.00 e. The zero-order valence-corrected chi connectivity index (χ0v) is 9.53. The van der Waals surface area contributed by atoms with Crippen LogP contribution in [-0.2, 0) is 14.3 Å². The average molecular weight is 178 g/mol. The molecule has 0 aromatic heterocycles. The van der Waals surface area contributed by atoms with Gasteiger partial charge in [-0.3, -0.25) is 0 Å². The quantitative estimate of drug-likeness (QED) is 0.220. The van der Waals surface area contributed by atoms with Crippen molar-refractivity contribution < 1.29 is 45.3 Å². The normalized spacial score (nSPS) is 9.83. The van der Waals surface area contributed by atoms with Crippen molar-refractivity contribution in [3.05, 3.63) is 24.3 Å². The monoisotopic (exact) mass is 178 g/mol. The van der Waals surface area contributed by atoms with Gasteiger partial charge in [0.15, 0.2) is 0 Å². The fraction of sp³-hybridized carbons (Fsp3) is 0.250. The first-order valence-corrected chi connectivity index (χ1v) is 3.22. The van der Waals surface area contributed by atoms with Crippen LogP contribution in [-0.4, -0.2) is 11.9 Å². The molecule has 0 radical (unpaired) electrons. The fourth-order valence-corrected chi connectivity index (χ4v) is 0.439. The molecule has 4 heteroatoms. The van der Waals surface area contributed by atoms with Crippen molar-refractivity contribution in [2.45, 2.75) is 13.8 Å². The number of carbonyl (C=O) groups excluding carboxylic acids is 2. The second kappa shape index (κ2) is 8.71. The molecule has 0 aromatic rings. The first-order valence-electron chi connectivity index (χ1n) is 3.22. The molecule has 62 valence electrons. The summed E-state index contributed by atoms with van der Waals surface area (Å²) in [4.78, 5) is 21.1. The summed E-state index contributed by atoms with van der Waals surface area (Å²) in [5.41, 5.74) is 0. The average Bonchev–Trinajstić information content (AvgIpc) is 1.87. The van der Waals surface area contributed by atoms with Crippen molar-refractivity contribution in [2.75, 3.05) is 0 Å². The Morgan fingerprint density at radius 3 is 1.67 bits per heavy atom. The largest absolute Gasteiger partial charge is 1.00 e. The molecule has 0 saturated carbocycles. The Hall–Kier alpha value is -0.380. The smallest absolute Gasteiger partial charge is 1.00 e. The Bertz CT molecular complexity index is 189. The molecule has 0 aliphatic carbocycles. The third-order valence-electron chi connectivity index (χ3n) is 0.807. The third-order valence-corrected chi connectivity index (χ3v) is 0.807. The van der Waals surface area contributed by atoms with Crippen molar-refractivity contribution in [3.8, 4) is 0 Å². The number of rotatable bonds is 2. The molecule has 12 heavy (non-hydrogen) atoms. The van der Waals surface area contributed by atoms with E-state index in [9.17, 15) is 9.59 Å². The molecular formula is C8H11NaO3. The summed E-state index contributed by atoms with van der Waals surface area (Å²) in [5.74, 6) is -1.29. The van der Waals surface area contributed by atoms with Crippen molar-refractivity contribution in [1.82, 2.24) is 0 Å². The first kappa shape index (κ1) is 14.2. The summed E-state index contributed by atoms with van der Waals surface area (Å²) in [7, 11) is 0. The molecule has 0 unspecified atom stereocenters. The predicted molar refractivity (Wildman–Crippen MR) is 41.8 cm³/mol. The van der Waals surface area contributed by atoms with Crippen molar-refractivity contribution in [3.63, 3.8) is 0 Å². The van der Waals surface area contributed by atoms with E-state index >= 15 is 0 Å². The van der Waals surface area contributed by atoms with E-state index in [0.29, 0.717) is 0 Å². The molecule has 0 heterocycles. The molecule has 0 N–H and O–H groups in total. The molecule has 0 bridgehead atoms. The Balaban J connectivity index is -0.000000500. The second-order valence-corrected chi connectivity index (χ2v) is 1.74. The third kappa shape index (κ3) is 7.72. The minimum absolute atomic E-state index is 0. The molecule has 0 aromatic carbocycles. The number of hydrogen-bond donors (Lipinski definition) is 0. The molecule has 3 nitrogen and oxygen atoms in total. The molecule has 0 rings (SSSR count). The van der Waals surface area contributed by atoms with E-state index < -0.39 is 11.9 Å². The van der Waals surface area contributed by atoms with Gasteiger partial charge in [-0.05, 0) is 13.8 Å². The van der Waals surface area contributed by atoms with Crippen LogP contribution in [0.1, 0.15) is 15.3 Å². The van der Waals surface area contributed by atoms with Gasteiger partial charge in [0.05, 0.1) is 0 Å². The summed E-state index contributed by atoms with van der Waals surface area (Å²) in [5, 5.41) is 0. The number of esters is 2. The van der Waals surface area contributed by atoms with Crippen LogP contribution in [0, 0.1) is 0 Å². The van der Waals surface area contributed by atoms with Gasteiger partial charge >= 0.3 is 41.5 Å². The van der Waals surface area contributed by atoms with Crippen LogP contribution in [0.3, 0.4) is 0 Å². The van der Waals surface area contributed by atoms with Gasteiger partial charge in [0.1, 0.15) is 0 Å². The van der Waals surface area contributed by atoms with Crippen LogP contribution in [0.15, 0.2) is 24.3 Å². The van der Waals surface area contributed by atoms with Crippen LogP contribution in [0.2, 0.25) is 0 Å². The van der Waals surface area contributed by atoms with E-state index in [4.69, 9.17) is 0 Å². The fourth-order valence-electron chi connectivity index (χ4n) is 0.439. The van der Waals surface area contributed by atoms with Crippen molar-refractivity contribution in [2.24, 2.45) is 0 Å². The summed E-state index contributed by atoms with van der Waals surface area (Å²) in [6.07, 6.45) is 5.37. The van der Waals surface area contributed by atoms with E-state index in [1.807, 2.05) is 0 Å². The van der Waals surface area contributed by atoms with Crippen LogP contribution in [0.4, 0.5) is 0 Å². The van der Waals surface area contributed by atoms with E-state index in [1.165, 1.54) is 24.3 Å². The molecule has 0 amide bonds. The number of allylic oxidation sites excluding steroid dienone is 2. The second-order valence-electron chi connectivity index (χ2n) is 1.74. The molecular weight excluding hydrogens is 167 g/mol. The van der Waals surface area contributed by atoms with Gasteiger partial charge in [0.25, 0.3) is 0 Å². The van der Waals surface area contributed by atoms with Crippen LogP contribution in [0.5, 0.6) is 0 Å². The minimum atomic E-state index is -0.643. The van der Waals surface area contributed by atoms with Gasteiger partial charge in [-0.1, -0.05) is 12.2 Å². The maximum Gasteiger partial charge on any atom is 1.00 e. The van der Waals surface area contributed by atoms with Gasteiger partial charge in [0.2, 0.25) is 0 Å². The Morgan fingerprint density at radius 2 is 1.42 bits per heavy atom. The molecule has 0 aliphatic heterocycles. The zero-order chi connectivity index (χ0) is 8.69. The van der Waals surface area contributed by atoms with Gasteiger partial charge in [-0.25, -0.2) is 9.59 Å². The number of ether oxygens (including phenoxy) is 1. The van der Waals surface area contributed by atoms with Crippen LogP contribution >= 0.6 is 0 Å². The number of hydrogen-bond acceptors (Lipinski definition) is 3. The molecule has 0 atom stereocenters. The predicted octanol–water partition coefficient (Wildman–Crippen LogP) is -1.68. The van der Waals surface area contributed by atoms with Gasteiger partial charge < -0.3 is 6.16 Å². The molecule has 0 fully saturated rings. The standard InChI is InChI=1S/C8H10O3.Na.H/c1-3-5-7(9)11-8(10)6-4-2;;/h3-6H,1-2H3;;/q;+1;-1/b5-3+,6-4?;;. The molecule has 0 aliphatic rings. The SMILES string of the molecule is CC=CC(=O)OC(=O)/C=C/C.[H-].[Na+]. The van der Waals surface area contributed by atoms with Crippen LogP contribution < -0.4 is 29.6 Å². The van der Waals surface area contributed by atoms with Crippen molar-refractivity contribution in [1.29, 1.82) is 0 Å². The van der Waals surface area contributed by atoms with Crippen molar-refractivity contribution >= 4 is 11.9 Å².